The molecule has 0 spiro atoms. The van der Waals surface area contributed by atoms with Gasteiger partial charge in [-0.05, 0) is 41.5 Å². The number of hydrogen-bond acceptors (Lipinski definition) is 6. The molecule has 6 nitrogen and oxygen atoms in total. The molecule has 0 aromatic rings. The summed E-state index contributed by atoms with van der Waals surface area (Å²) in [6.45, 7) is 14.4. The Bertz CT molecular complexity index is 191. The zero-order valence-corrected chi connectivity index (χ0v) is 16.9. The number of rotatable bonds is 10. The molecule has 0 fully saturated rings. The molecule has 0 aliphatic heterocycles. The lowest BCUT2D eigenvalue weighted by Crippen LogP contribution is -2.28. The highest BCUT2D eigenvalue weighted by atomic mass is 16.7. The molecule has 2 atom stereocenters. The zero-order chi connectivity index (χ0) is 18.7. The van der Waals surface area contributed by atoms with E-state index in [1.165, 1.54) is 0 Å². The summed E-state index contributed by atoms with van der Waals surface area (Å²) in [7, 11) is 6.67. The molecule has 0 bridgehead atoms. The van der Waals surface area contributed by atoms with Gasteiger partial charge < -0.3 is 28.4 Å². The molecule has 0 saturated carbocycles. The van der Waals surface area contributed by atoms with Crippen molar-refractivity contribution in [1.82, 2.24) is 0 Å². The van der Waals surface area contributed by atoms with Crippen LogP contribution >= 0.6 is 0 Å². The van der Waals surface area contributed by atoms with Crippen LogP contribution in [0.2, 0.25) is 0 Å². The van der Waals surface area contributed by atoms with Crippen molar-refractivity contribution in [2.75, 3.05) is 54.9 Å². The quantitative estimate of drug-likeness (QED) is 0.570. The van der Waals surface area contributed by atoms with Crippen LogP contribution in [0.5, 0.6) is 0 Å². The maximum absolute atomic E-state index is 5.25. The Morgan fingerprint density at radius 1 is 0.696 bits per heavy atom. The van der Waals surface area contributed by atoms with Crippen molar-refractivity contribution in [3.05, 3.63) is 0 Å². The van der Waals surface area contributed by atoms with Crippen LogP contribution in [0.25, 0.3) is 0 Å². The minimum absolute atomic E-state index is 0.227. The Balaban J connectivity index is -0.000000264. The summed E-state index contributed by atoms with van der Waals surface area (Å²) in [6.07, 6.45) is 0.454. The van der Waals surface area contributed by atoms with E-state index in [0.717, 1.165) is 0 Å². The standard InChI is InChI=1S/C7H16O2.2C5H12O2/c1-5-8-7(3,4)9-6-2;2*1-5(7-3)4-6-2/h5-6H2,1-4H3;2*5H,4H2,1-3H3. The predicted octanol–water partition coefficient (Wildman–Crippen LogP) is 3.13. The minimum Gasteiger partial charge on any atom is -0.382 e. The topological polar surface area (TPSA) is 55.4 Å². The zero-order valence-electron chi connectivity index (χ0n) is 16.9. The van der Waals surface area contributed by atoms with Crippen molar-refractivity contribution in [2.45, 2.75) is 59.5 Å². The highest BCUT2D eigenvalue weighted by Crippen LogP contribution is 2.09. The maximum atomic E-state index is 5.25. The Morgan fingerprint density at radius 2 is 1.00 bits per heavy atom. The van der Waals surface area contributed by atoms with E-state index >= 15 is 0 Å². The van der Waals surface area contributed by atoms with E-state index in [1.807, 2.05) is 41.5 Å². The lowest BCUT2D eigenvalue weighted by molar-refractivity contribution is -0.207. The third-order valence-electron chi connectivity index (χ3n) is 2.59. The van der Waals surface area contributed by atoms with E-state index in [9.17, 15) is 0 Å². The normalized spacial score (nSPS) is 13.3. The molecule has 6 heteroatoms. The fourth-order valence-corrected chi connectivity index (χ4v) is 1.34. The van der Waals surface area contributed by atoms with Crippen LogP contribution in [-0.2, 0) is 28.4 Å². The molecule has 0 heterocycles. The van der Waals surface area contributed by atoms with Gasteiger partial charge in [0.15, 0.2) is 5.79 Å². The average Bonchev–Trinajstić information content (AvgIpc) is 2.48. The molecule has 0 N–H and O–H groups in total. The highest BCUT2D eigenvalue weighted by molar-refractivity contribution is 4.50. The number of hydrogen-bond donors (Lipinski definition) is 0. The molecular weight excluding hydrogens is 300 g/mol. The molecule has 0 aromatic carbocycles. The van der Waals surface area contributed by atoms with Gasteiger partial charge in [0.2, 0.25) is 0 Å². The maximum Gasteiger partial charge on any atom is 0.162 e. The molecule has 0 radical (unpaired) electrons. The van der Waals surface area contributed by atoms with Gasteiger partial charge >= 0.3 is 0 Å². The van der Waals surface area contributed by atoms with E-state index in [-0.39, 0.29) is 12.2 Å². The second-order valence-corrected chi connectivity index (χ2v) is 5.27. The smallest absolute Gasteiger partial charge is 0.162 e. The largest absolute Gasteiger partial charge is 0.382 e. The van der Waals surface area contributed by atoms with Crippen molar-refractivity contribution in [1.29, 1.82) is 0 Å². The Hall–Kier alpha value is -0.240. The van der Waals surface area contributed by atoms with E-state index < -0.39 is 5.79 Å². The molecule has 2 unspecified atom stereocenters. The first-order valence-corrected chi connectivity index (χ1v) is 8.05. The van der Waals surface area contributed by atoms with Crippen molar-refractivity contribution in [3.63, 3.8) is 0 Å². The van der Waals surface area contributed by atoms with Crippen LogP contribution in [0.15, 0.2) is 0 Å². The molecule has 0 saturated heterocycles. The van der Waals surface area contributed by atoms with Gasteiger partial charge in [-0.25, -0.2) is 0 Å². The molecular formula is C17H40O6. The van der Waals surface area contributed by atoms with E-state index in [4.69, 9.17) is 28.4 Å². The Morgan fingerprint density at radius 3 is 1.13 bits per heavy atom. The van der Waals surface area contributed by atoms with Crippen LogP contribution in [0.1, 0.15) is 41.5 Å². The second kappa shape index (κ2) is 19.8. The average molecular weight is 341 g/mol. The number of ether oxygens (including phenoxy) is 6. The highest BCUT2D eigenvalue weighted by Gasteiger charge is 2.15. The molecule has 0 rings (SSSR count). The minimum atomic E-state index is -0.399. The fraction of sp³-hybridized carbons (Fsp3) is 1.00. The summed E-state index contributed by atoms with van der Waals surface area (Å²) in [6, 6.07) is 0. The van der Waals surface area contributed by atoms with Crippen LogP contribution in [0.3, 0.4) is 0 Å². The second-order valence-electron chi connectivity index (χ2n) is 5.27. The van der Waals surface area contributed by atoms with E-state index in [2.05, 4.69) is 0 Å². The molecule has 0 aromatic heterocycles. The fourth-order valence-electron chi connectivity index (χ4n) is 1.34. The summed E-state index contributed by atoms with van der Waals surface area (Å²) < 4.78 is 29.8. The monoisotopic (exact) mass is 340 g/mol. The van der Waals surface area contributed by atoms with Crippen LogP contribution in [0, 0.1) is 0 Å². The molecule has 144 valence electrons. The van der Waals surface area contributed by atoms with Gasteiger partial charge in [-0.15, -0.1) is 0 Å². The Labute approximate surface area is 143 Å². The van der Waals surface area contributed by atoms with Gasteiger partial charge in [0.25, 0.3) is 0 Å². The molecule has 0 amide bonds. The Kier molecular flexibility index (Phi) is 23.8. The molecule has 0 aliphatic carbocycles. The summed E-state index contributed by atoms with van der Waals surface area (Å²) in [5.41, 5.74) is 0. The summed E-state index contributed by atoms with van der Waals surface area (Å²) in [5, 5.41) is 0. The molecule has 0 aliphatic rings. The van der Waals surface area contributed by atoms with Crippen molar-refractivity contribution >= 4 is 0 Å². The van der Waals surface area contributed by atoms with Crippen LogP contribution in [0.4, 0.5) is 0 Å². The third kappa shape index (κ3) is 26.9. The lowest BCUT2D eigenvalue weighted by atomic mass is 10.4. The number of methoxy groups -OCH3 is 4. The predicted molar refractivity (Wildman–Crippen MR) is 94.0 cm³/mol. The van der Waals surface area contributed by atoms with Crippen molar-refractivity contribution in [3.8, 4) is 0 Å². The molecule has 23 heavy (non-hydrogen) atoms. The van der Waals surface area contributed by atoms with Gasteiger partial charge in [-0.3, -0.25) is 0 Å². The first-order valence-electron chi connectivity index (χ1n) is 8.05. The summed E-state index contributed by atoms with van der Waals surface area (Å²) in [4.78, 5) is 0. The first-order chi connectivity index (χ1) is 10.7. The lowest BCUT2D eigenvalue weighted by Gasteiger charge is -2.23. The van der Waals surface area contributed by atoms with Gasteiger partial charge in [-0.1, -0.05) is 0 Å². The summed E-state index contributed by atoms with van der Waals surface area (Å²) >= 11 is 0. The summed E-state index contributed by atoms with van der Waals surface area (Å²) in [5.74, 6) is -0.399. The van der Waals surface area contributed by atoms with Gasteiger partial charge in [-0.2, -0.15) is 0 Å². The SMILES string of the molecule is CCOC(C)(C)OCC.COCC(C)OC.COCC(C)OC. The van der Waals surface area contributed by atoms with E-state index in [0.29, 0.717) is 26.4 Å². The van der Waals surface area contributed by atoms with Crippen molar-refractivity contribution < 1.29 is 28.4 Å². The van der Waals surface area contributed by atoms with Crippen molar-refractivity contribution in [2.24, 2.45) is 0 Å². The third-order valence-corrected chi connectivity index (χ3v) is 2.59. The van der Waals surface area contributed by atoms with Gasteiger partial charge in [0.05, 0.1) is 25.4 Å². The van der Waals surface area contributed by atoms with Crippen LogP contribution < -0.4 is 0 Å². The first kappa shape index (κ1) is 27.6. The van der Waals surface area contributed by atoms with E-state index in [1.54, 1.807) is 28.4 Å². The van der Waals surface area contributed by atoms with Gasteiger partial charge in [0, 0.05) is 41.7 Å². The van der Waals surface area contributed by atoms with Crippen LogP contribution in [-0.4, -0.2) is 72.9 Å². The van der Waals surface area contributed by atoms with Gasteiger partial charge in [0.1, 0.15) is 0 Å².